The van der Waals surface area contributed by atoms with Crippen LogP contribution in [0.25, 0.3) is 16.9 Å². The first kappa shape index (κ1) is 22.0. The van der Waals surface area contributed by atoms with Crippen LogP contribution in [-0.4, -0.2) is 20.6 Å². The number of nitrogens with one attached hydrogen (secondary N) is 1. The summed E-state index contributed by atoms with van der Waals surface area (Å²) in [6, 6.07) is 17.5. The Bertz CT molecular complexity index is 1290. The Morgan fingerprint density at radius 1 is 1.15 bits per heavy atom. The average molecular weight is 444 g/mol. The molecule has 0 bridgehead atoms. The van der Waals surface area contributed by atoms with Gasteiger partial charge in [-0.2, -0.15) is 5.10 Å². The quantitative estimate of drug-likeness (QED) is 0.316. The molecule has 0 saturated heterocycles. The number of hydrogen-bond acceptors (Lipinski definition) is 5. The molecule has 168 valence electrons. The summed E-state index contributed by atoms with van der Waals surface area (Å²) in [6.45, 7) is 5.67. The number of hydrogen-bond donors (Lipinski definition) is 1. The maximum atomic E-state index is 12.9. The van der Waals surface area contributed by atoms with Crippen molar-refractivity contribution in [2.24, 2.45) is 0 Å². The number of aryl methyl sites for hydroxylation is 2. The van der Waals surface area contributed by atoms with Crippen molar-refractivity contribution >= 4 is 11.6 Å². The van der Waals surface area contributed by atoms with Crippen molar-refractivity contribution < 1.29 is 14.1 Å². The summed E-state index contributed by atoms with van der Waals surface area (Å²) in [5.41, 5.74) is 3.82. The van der Waals surface area contributed by atoms with Crippen molar-refractivity contribution in [3.05, 3.63) is 99.6 Å². The molecule has 1 atom stereocenters. The lowest BCUT2D eigenvalue weighted by molar-refractivity contribution is -0.384. The maximum absolute atomic E-state index is 12.9. The number of amides is 1. The average Bonchev–Trinajstić information content (AvgIpc) is 3.36. The predicted molar refractivity (Wildman–Crippen MR) is 124 cm³/mol. The van der Waals surface area contributed by atoms with Crippen molar-refractivity contribution in [1.29, 1.82) is 0 Å². The van der Waals surface area contributed by atoms with E-state index in [9.17, 15) is 14.9 Å². The number of furan rings is 1. The zero-order chi connectivity index (χ0) is 23.5. The van der Waals surface area contributed by atoms with Crippen LogP contribution in [0, 0.1) is 24.0 Å². The molecule has 0 aliphatic carbocycles. The molecule has 0 aliphatic rings. The van der Waals surface area contributed by atoms with Gasteiger partial charge in [0.1, 0.15) is 11.5 Å². The van der Waals surface area contributed by atoms with E-state index in [1.807, 2.05) is 63.4 Å². The molecule has 1 amide bonds. The van der Waals surface area contributed by atoms with Gasteiger partial charge in [-0.3, -0.25) is 14.9 Å². The second-order valence-electron chi connectivity index (χ2n) is 7.92. The fourth-order valence-corrected chi connectivity index (χ4v) is 3.86. The molecule has 0 saturated carbocycles. The standard InChI is InChI=1S/C25H24N4O4/c1-16-13-23(18(3)33-16)17(2)26-24(30)14-20-15-28(21-7-5-4-6-8-21)27-25(20)19-9-11-22(12-10-19)29(31)32/h4-13,15,17H,14H2,1-3H3,(H,26,30). The molecule has 2 aromatic carbocycles. The predicted octanol–water partition coefficient (Wildman–Crippen LogP) is 5.08. The lowest BCUT2D eigenvalue weighted by Gasteiger charge is -2.13. The van der Waals surface area contributed by atoms with Crippen LogP contribution in [0.4, 0.5) is 5.69 Å². The highest BCUT2D eigenvalue weighted by molar-refractivity contribution is 5.81. The normalized spacial score (nSPS) is 11.8. The van der Waals surface area contributed by atoms with E-state index in [0.29, 0.717) is 11.3 Å². The number of nitro groups is 1. The van der Waals surface area contributed by atoms with Crippen molar-refractivity contribution in [3.63, 3.8) is 0 Å². The Morgan fingerprint density at radius 2 is 1.85 bits per heavy atom. The molecule has 2 aromatic heterocycles. The highest BCUT2D eigenvalue weighted by atomic mass is 16.6. The van der Waals surface area contributed by atoms with Gasteiger partial charge in [-0.05, 0) is 51.1 Å². The van der Waals surface area contributed by atoms with Crippen molar-refractivity contribution in [1.82, 2.24) is 15.1 Å². The van der Waals surface area contributed by atoms with Crippen molar-refractivity contribution in [3.8, 4) is 16.9 Å². The molecule has 1 unspecified atom stereocenters. The second kappa shape index (κ2) is 9.12. The highest BCUT2D eigenvalue weighted by Gasteiger charge is 2.19. The molecule has 33 heavy (non-hydrogen) atoms. The topological polar surface area (TPSA) is 103 Å². The van der Waals surface area contributed by atoms with Crippen molar-refractivity contribution in [2.45, 2.75) is 33.2 Å². The van der Waals surface area contributed by atoms with E-state index in [-0.39, 0.29) is 24.1 Å². The monoisotopic (exact) mass is 444 g/mol. The summed E-state index contributed by atoms with van der Waals surface area (Å²) < 4.78 is 7.29. The molecule has 1 N–H and O–H groups in total. The first-order valence-corrected chi connectivity index (χ1v) is 10.6. The van der Waals surface area contributed by atoms with Crippen LogP contribution >= 0.6 is 0 Å². The zero-order valence-electron chi connectivity index (χ0n) is 18.6. The molecule has 0 fully saturated rings. The minimum absolute atomic E-state index is 0.000125. The smallest absolute Gasteiger partial charge is 0.269 e. The van der Waals surface area contributed by atoms with Crippen LogP contribution in [0.1, 0.15) is 35.6 Å². The Labute approximate surface area is 191 Å². The summed E-state index contributed by atoms with van der Waals surface area (Å²) in [6.07, 6.45) is 1.93. The summed E-state index contributed by atoms with van der Waals surface area (Å²) in [5.74, 6) is 1.42. The zero-order valence-corrected chi connectivity index (χ0v) is 18.6. The summed E-state index contributed by atoms with van der Waals surface area (Å²) in [4.78, 5) is 23.5. The lowest BCUT2D eigenvalue weighted by atomic mass is 10.0. The second-order valence-corrected chi connectivity index (χ2v) is 7.92. The third kappa shape index (κ3) is 4.85. The summed E-state index contributed by atoms with van der Waals surface area (Å²) in [5, 5.41) is 18.7. The summed E-state index contributed by atoms with van der Waals surface area (Å²) in [7, 11) is 0. The van der Waals surface area contributed by atoms with Gasteiger partial charge in [-0.15, -0.1) is 0 Å². The van der Waals surface area contributed by atoms with Crippen LogP contribution < -0.4 is 5.32 Å². The van der Waals surface area contributed by atoms with Gasteiger partial charge in [0.15, 0.2) is 0 Å². The van der Waals surface area contributed by atoms with Gasteiger partial charge in [0.2, 0.25) is 5.91 Å². The summed E-state index contributed by atoms with van der Waals surface area (Å²) >= 11 is 0. The minimum Gasteiger partial charge on any atom is -0.466 e. The van der Waals surface area contributed by atoms with Gasteiger partial charge < -0.3 is 9.73 Å². The maximum Gasteiger partial charge on any atom is 0.269 e. The Kier molecular flexibility index (Phi) is 6.08. The number of nitro benzene ring substituents is 1. The van der Waals surface area contributed by atoms with E-state index in [4.69, 9.17) is 4.42 Å². The van der Waals surface area contributed by atoms with Crippen LogP contribution in [-0.2, 0) is 11.2 Å². The Balaban J connectivity index is 1.63. The number of para-hydroxylation sites is 1. The van der Waals surface area contributed by atoms with Gasteiger partial charge in [0, 0.05) is 35.0 Å². The molecule has 2 heterocycles. The lowest BCUT2D eigenvalue weighted by Crippen LogP contribution is -2.28. The van der Waals surface area contributed by atoms with Gasteiger partial charge in [-0.1, -0.05) is 18.2 Å². The van der Waals surface area contributed by atoms with E-state index < -0.39 is 4.92 Å². The van der Waals surface area contributed by atoms with Gasteiger partial charge in [-0.25, -0.2) is 4.68 Å². The molecule has 4 aromatic rings. The van der Waals surface area contributed by atoms with E-state index in [1.54, 1.807) is 16.8 Å². The van der Waals surface area contributed by atoms with Crippen molar-refractivity contribution in [2.75, 3.05) is 0 Å². The van der Waals surface area contributed by atoms with Gasteiger partial charge in [0.05, 0.1) is 28.8 Å². The number of aromatic nitrogens is 2. The van der Waals surface area contributed by atoms with Gasteiger partial charge in [0.25, 0.3) is 5.69 Å². The molecule has 8 nitrogen and oxygen atoms in total. The first-order valence-electron chi connectivity index (χ1n) is 10.6. The number of carbonyl (C=O) groups is 1. The number of nitrogens with zero attached hydrogens (tertiary/aromatic N) is 3. The van der Waals surface area contributed by atoms with E-state index in [1.165, 1.54) is 12.1 Å². The minimum atomic E-state index is -0.443. The Hall–Kier alpha value is -4.20. The van der Waals surface area contributed by atoms with E-state index in [0.717, 1.165) is 28.3 Å². The van der Waals surface area contributed by atoms with Crippen LogP contribution in [0.2, 0.25) is 0 Å². The largest absolute Gasteiger partial charge is 0.466 e. The number of benzene rings is 2. The SMILES string of the molecule is Cc1cc(C(C)NC(=O)Cc2cn(-c3ccccc3)nc2-c2ccc([N+](=O)[O-])cc2)c(C)o1. The molecular weight excluding hydrogens is 420 g/mol. The third-order valence-electron chi connectivity index (χ3n) is 5.44. The van der Waals surface area contributed by atoms with Crippen LogP contribution in [0.3, 0.4) is 0 Å². The highest BCUT2D eigenvalue weighted by Crippen LogP contribution is 2.27. The number of non-ortho nitro benzene ring substituents is 1. The van der Waals surface area contributed by atoms with E-state index in [2.05, 4.69) is 10.4 Å². The number of carbonyl (C=O) groups excluding carboxylic acids is 1. The van der Waals surface area contributed by atoms with Gasteiger partial charge >= 0.3 is 0 Å². The number of rotatable bonds is 7. The van der Waals surface area contributed by atoms with E-state index >= 15 is 0 Å². The van der Waals surface area contributed by atoms with Crippen LogP contribution in [0.15, 0.2) is 71.3 Å². The molecule has 8 heteroatoms. The molecule has 0 radical (unpaired) electrons. The fraction of sp³-hybridized carbons (Fsp3) is 0.200. The Morgan fingerprint density at radius 3 is 2.45 bits per heavy atom. The molecule has 0 aliphatic heterocycles. The van der Waals surface area contributed by atoms with Crippen LogP contribution in [0.5, 0.6) is 0 Å². The molecular formula is C25H24N4O4. The fourth-order valence-electron chi connectivity index (χ4n) is 3.86. The third-order valence-corrected chi connectivity index (χ3v) is 5.44. The first-order chi connectivity index (χ1) is 15.8. The molecule has 4 rings (SSSR count). The molecule has 0 spiro atoms.